The second-order valence-corrected chi connectivity index (χ2v) is 4.83. The molecule has 20 heavy (non-hydrogen) atoms. The van der Waals surface area contributed by atoms with Gasteiger partial charge in [0.2, 0.25) is 0 Å². The van der Waals surface area contributed by atoms with E-state index in [1.165, 1.54) is 12.1 Å². The number of benzene rings is 2. The van der Waals surface area contributed by atoms with Crippen LogP contribution in [0, 0.1) is 21.4 Å². The molecule has 0 amide bonds. The third-order valence-corrected chi connectivity index (χ3v) is 3.44. The number of nitro benzene ring substituents is 1. The highest BCUT2D eigenvalue weighted by Crippen LogP contribution is 2.26. The van der Waals surface area contributed by atoms with Crippen molar-refractivity contribution in [2.75, 3.05) is 11.6 Å². The lowest BCUT2D eigenvalue weighted by molar-refractivity contribution is -0.385. The fourth-order valence-corrected chi connectivity index (χ4v) is 2.10. The Morgan fingerprint density at radius 1 is 1.20 bits per heavy atom. The summed E-state index contributed by atoms with van der Waals surface area (Å²) in [6.45, 7) is 0. The number of nitrogens with one attached hydrogen (secondary N) is 1. The molecule has 1 N–H and O–H groups in total. The Labute approximate surface area is 120 Å². The van der Waals surface area contributed by atoms with Gasteiger partial charge in [0.15, 0.2) is 0 Å². The molecule has 0 aromatic heterocycles. The SMILES string of the molecule is CSc1ccc(Nc2ccc(C#N)c([N+](=O)[O-])c2)cc1. The van der Waals surface area contributed by atoms with E-state index >= 15 is 0 Å². The Hall–Kier alpha value is -2.52. The van der Waals surface area contributed by atoms with Gasteiger partial charge in [-0.1, -0.05) is 0 Å². The van der Waals surface area contributed by atoms with Crippen molar-refractivity contribution in [3.63, 3.8) is 0 Å². The van der Waals surface area contributed by atoms with Crippen LogP contribution in [-0.4, -0.2) is 11.2 Å². The number of hydrogen-bond donors (Lipinski definition) is 1. The molecular formula is C14H11N3O2S. The largest absolute Gasteiger partial charge is 0.355 e. The van der Waals surface area contributed by atoms with Gasteiger partial charge in [0, 0.05) is 22.3 Å². The molecule has 0 saturated heterocycles. The normalized spacial score (nSPS) is 9.80. The lowest BCUT2D eigenvalue weighted by Crippen LogP contribution is -1.95. The number of anilines is 2. The fraction of sp³-hybridized carbons (Fsp3) is 0.0714. The average Bonchev–Trinajstić information content (AvgIpc) is 2.48. The molecule has 0 aliphatic heterocycles. The molecule has 0 spiro atoms. The molecule has 2 rings (SSSR count). The molecule has 0 saturated carbocycles. The maximum atomic E-state index is 10.9. The number of nitriles is 1. The predicted octanol–water partition coefficient (Wildman–Crippen LogP) is 3.93. The molecule has 0 heterocycles. The van der Waals surface area contributed by atoms with Crippen LogP contribution in [-0.2, 0) is 0 Å². The van der Waals surface area contributed by atoms with Crippen LogP contribution in [0.15, 0.2) is 47.4 Å². The summed E-state index contributed by atoms with van der Waals surface area (Å²) < 4.78 is 0. The van der Waals surface area contributed by atoms with Crippen LogP contribution in [0.5, 0.6) is 0 Å². The molecule has 2 aromatic carbocycles. The molecule has 0 atom stereocenters. The van der Waals surface area contributed by atoms with Crippen LogP contribution >= 0.6 is 11.8 Å². The van der Waals surface area contributed by atoms with Crippen LogP contribution < -0.4 is 5.32 Å². The zero-order valence-electron chi connectivity index (χ0n) is 10.7. The van der Waals surface area contributed by atoms with Gasteiger partial charge in [0.05, 0.1) is 4.92 Å². The van der Waals surface area contributed by atoms with E-state index in [-0.39, 0.29) is 11.3 Å². The first-order valence-corrected chi connectivity index (χ1v) is 6.96. The molecule has 2 aromatic rings. The number of hydrogen-bond acceptors (Lipinski definition) is 5. The minimum absolute atomic E-state index is 0.0540. The monoisotopic (exact) mass is 285 g/mol. The van der Waals surface area contributed by atoms with Crippen LogP contribution in [0.25, 0.3) is 0 Å². The summed E-state index contributed by atoms with van der Waals surface area (Å²) in [5.74, 6) is 0. The lowest BCUT2D eigenvalue weighted by atomic mass is 10.1. The first-order valence-electron chi connectivity index (χ1n) is 5.73. The van der Waals surface area contributed by atoms with E-state index < -0.39 is 4.92 Å². The topological polar surface area (TPSA) is 79.0 Å². The molecule has 0 unspecified atom stereocenters. The second-order valence-electron chi connectivity index (χ2n) is 3.95. The third-order valence-electron chi connectivity index (χ3n) is 2.69. The van der Waals surface area contributed by atoms with Crippen LogP contribution in [0.2, 0.25) is 0 Å². The highest BCUT2D eigenvalue weighted by molar-refractivity contribution is 7.98. The Balaban J connectivity index is 2.27. The zero-order valence-corrected chi connectivity index (χ0v) is 11.5. The molecule has 0 aliphatic rings. The molecule has 0 radical (unpaired) electrons. The summed E-state index contributed by atoms with van der Waals surface area (Å²) in [6, 6.07) is 14.0. The van der Waals surface area contributed by atoms with Crippen molar-refractivity contribution < 1.29 is 4.92 Å². The quantitative estimate of drug-likeness (QED) is 0.523. The van der Waals surface area contributed by atoms with Gasteiger partial charge in [-0.15, -0.1) is 11.8 Å². The zero-order chi connectivity index (χ0) is 14.5. The Morgan fingerprint density at radius 2 is 1.85 bits per heavy atom. The van der Waals surface area contributed by atoms with E-state index in [1.807, 2.05) is 36.6 Å². The van der Waals surface area contributed by atoms with Gasteiger partial charge >= 0.3 is 0 Å². The van der Waals surface area contributed by atoms with Crippen molar-refractivity contribution in [2.24, 2.45) is 0 Å². The van der Waals surface area contributed by atoms with Crippen molar-refractivity contribution in [3.8, 4) is 6.07 Å². The molecule has 0 aliphatic carbocycles. The molecule has 6 heteroatoms. The first-order chi connectivity index (χ1) is 9.63. The summed E-state index contributed by atoms with van der Waals surface area (Å²) in [5, 5.41) is 22.8. The summed E-state index contributed by atoms with van der Waals surface area (Å²) in [6.07, 6.45) is 1.99. The standard InChI is InChI=1S/C14H11N3O2S/c1-20-13-6-4-11(5-7-13)16-12-3-2-10(9-15)14(8-12)17(18)19/h2-8,16H,1H3. The minimum atomic E-state index is -0.555. The Kier molecular flexibility index (Phi) is 4.23. The molecule has 0 fully saturated rings. The highest BCUT2D eigenvalue weighted by atomic mass is 32.2. The number of nitro groups is 1. The third kappa shape index (κ3) is 3.08. The summed E-state index contributed by atoms with van der Waals surface area (Å²) in [5.41, 5.74) is 1.27. The summed E-state index contributed by atoms with van der Waals surface area (Å²) >= 11 is 1.64. The number of nitrogens with zero attached hydrogens (tertiary/aromatic N) is 2. The van der Waals surface area contributed by atoms with Crippen molar-refractivity contribution in [1.29, 1.82) is 5.26 Å². The second kappa shape index (κ2) is 6.08. The van der Waals surface area contributed by atoms with Gasteiger partial charge in [0.1, 0.15) is 11.6 Å². The highest BCUT2D eigenvalue weighted by Gasteiger charge is 2.14. The lowest BCUT2D eigenvalue weighted by Gasteiger charge is -2.07. The van der Waals surface area contributed by atoms with E-state index in [0.29, 0.717) is 5.69 Å². The number of thioether (sulfide) groups is 1. The van der Waals surface area contributed by atoms with E-state index in [0.717, 1.165) is 10.6 Å². The van der Waals surface area contributed by atoms with E-state index in [1.54, 1.807) is 17.8 Å². The summed E-state index contributed by atoms with van der Waals surface area (Å²) in [7, 11) is 0. The van der Waals surface area contributed by atoms with E-state index in [4.69, 9.17) is 5.26 Å². The average molecular weight is 285 g/mol. The van der Waals surface area contributed by atoms with Gasteiger partial charge < -0.3 is 5.32 Å². The molecule has 100 valence electrons. The van der Waals surface area contributed by atoms with E-state index in [9.17, 15) is 10.1 Å². The molecular weight excluding hydrogens is 274 g/mol. The molecule has 5 nitrogen and oxygen atoms in total. The van der Waals surface area contributed by atoms with Crippen LogP contribution in [0.4, 0.5) is 17.1 Å². The molecule has 0 bridgehead atoms. The maximum absolute atomic E-state index is 10.9. The van der Waals surface area contributed by atoms with Crippen LogP contribution in [0.1, 0.15) is 5.56 Å². The summed E-state index contributed by atoms with van der Waals surface area (Å²) in [4.78, 5) is 11.5. The van der Waals surface area contributed by atoms with Crippen molar-refractivity contribution in [2.45, 2.75) is 4.90 Å². The maximum Gasteiger partial charge on any atom is 0.289 e. The number of rotatable bonds is 4. The van der Waals surface area contributed by atoms with Gasteiger partial charge in [0.25, 0.3) is 5.69 Å². The van der Waals surface area contributed by atoms with Gasteiger partial charge in [-0.3, -0.25) is 10.1 Å². The predicted molar refractivity (Wildman–Crippen MR) is 79.3 cm³/mol. The smallest absolute Gasteiger partial charge is 0.289 e. The minimum Gasteiger partial charge on any atom is -0.355 e. The first kappa shape index (κ1) is 13.9. The van der Waals surface area contributed by atoms with Crippen molar-refractivity contribution >= 4 is 28.8 Å². The van der Waals surface area contributed by atoms with E-state index in [2.05, 4.69) is 5.32 Å². The van der Waals surface area contributed by atoms with Gasteiger partial charge in [-0.2, -0.15) is 5.26 Å². The van der Waals surface area contributed by atoms with Crippen molar-refractivity contribution in [1.82, 2.24) is 0 Å². The Morgan fingerprint density at radius 3 is 2.40 bits per heavy atom. The van der Waals surface area contributed by atoms with Crippen molar-refractivity contribution in [3.05, 3.63) is 58.1 Å². The van der Waals surface area contributed by atoms with Gasteiger partial charge in [-0.25, -0.2) is 0 Å². The van der Waals surface area contributed by atoms with Crippen LogP contribution in [0.3, 0.4) is 0 Å². The van der Waals surface area contributed by atoms with Gasteiger partial charge in [-0.05, 0) is 42.7 Å². The fourth-order valence-electron chi connectivity index (χ4n) is 1.70. The Bertz CT molecular complexity index is 678.